The van der Waals surface area contributed by atoms with Crippen LogP contribution in [0.1, 0.15) is 19.8 Å². The molecular formula is C21H24N4O7S2. The third-order valence-electron chi connectivity index (χ3n) is 5.08. The van der Waals surface area contributed by atoms with Gasteiger partial charge in [0.05, 0.1) is 28.5 Å². The molecule has 3 aromatic rings. The van der Waals surface area contributed by atoms with Crippen LogP contribution in [0.4, 0.5) is 17.1 Å². The highest BCUT2D eigenvalue weighted by atomic mass is 32.2. The van der Waals surface area contributed by atoms with E-state index in [-0.39, 0.29) is 47.3 Å². The van der Waals surface area contributed by atoms with Crippen LogP contribution in [-0.2, 0) is 21.4 Å². The molecule has 1 amide bonds. The summed E-state index contributed by atoms with van der Waals surface area (Å²) in [6.07, 6.45) is 1.15. The Hall–Kier alpha value is -3.45. The number of anilines is 2. The van der Waals surface area contributed by atoms with Crippen molar-refractivity contribution < 1.29 is 22.9 Å². The average molecular weight is 509 g/mol. The number of benzene rings is 2. The number of nitro groups is 1. The summed E-state index contributed by atoms with van der Waals surface area (Å²) >= 11 is 1.10. The first kappa shape index (κ1) is 25.2. The SMILES string of the molecule is CCn1c(=O)sc2cc(NC(=O)CCCN(c3cc([N+](=O)[O-])ccc3OC)S(C)(=O)=O)ccc21. The Morgan fingerprint density at radius 2 is 2.00 bits per heavy atom. The highest BCUT2D eigenvalue weighted by Gasteiger charge is 2.24. The van der Waals surface area contributed by atoms with Gasteiger partial charge in [0.25, 0.3) is 5.69 Å². The van der Waals surface area contributed by atoms with Crippen molar-refractivity contribution in [1.82, 2.24) is 4.57 Å². The highest BCUT2D eigenvalue weighted by Crippen LogP contribution is 2.34. The molecule has 11 nitrogen and oxygen atoms in total. The van der Waals surface area contributed by atoms with Crippen LogP contribution in [0.15, 0.2) is 41.2 Å². The van der Waals surface area contributed by atoms with Gasteiger partial charge in [-0.1, -0.05) is 11.3 Å². The van der Waals surface area contributed by atoms with Gasteiger partial charge in [0, 0.05) is 37.3 Å². The number of amides is 1. The van der Waals surface area contributed by atoms with Crippen LogP contribution >= 0.6 is 11.3 Å². The maximum absolute atomic E-state index is 12.5. The molecule has 0 bridgehead atoms. The van der Waals surface area contributed by atoms with Gasteiger partial charge in [-0.25, -0.2) is 8.42 Å². The van der Waals surface area contributed by atoms with Crippen LogP contribution < -0.4 is 19.2 Å². The first-order chi connectivity index (χ1) is 16.0. The third kappa shape index (κ3) is 5.54. The molecule has 0 aliphatic rings. The lowest BCUT2D eigenvalue weighted by Gasteiger charge is -2.24. The predicted octanol–water partition coefficient (Wildman–Crippen LogP) is 3.18. The summed E-state index contributed by atoms with van der Waals surface area (Å²) in [7, 11) is -2.48. The summed E-state index contributed by atoms with van der Waals surface area (Å²) in [6.45, 7) is 2.35. The Bertz CT molecular complexity index is 1400. The molecule has 0 aliphatic heterocycles. The Morgan fingerprint density at radius 1 is 1.26 bits per heavy atom. The van der Waals surface area contributed by atoms with E-state index < -0.39 is 14.9 Å². The Labute approximate surface area is 199 Å². The standard InChI is InChI=1S/C21H24N4O7S2/c1-4-23-16-9-7-14(12-19(16)33-21(23)27)22-20(26)6-5-11-24(34(3,30)31)17-13-15(25(28)29)8-10-18(17)32-2/h7-10,12-13H,4-6,11H2,1-3H3,(H,22,26). The maximum Gasteiger partial charge on any atom is 0.308 e. The molecule has 3 rings (SSSR count). The summed E-state index contributed by atoms with van der Waals surface area (Å²) in [5, 5.41) is 13.9. The molecule has 0 unspecified atom stereocenters. The van der Waals surface area contributed by atoms with Gasteiger partial charge >= 0.3 is 4.87 Å². The molecule has 0 radical (unpaired) electrons. The normalized spacial score (nSPS) is 11.4. The van der Waals surface area contributed by atoms with Gasteiger partial charge in [-0.15, -0.1) is 0 Å². The number of aryl methyl sites for hydroxylation is 1. The number of ether oxygens (including phenoxy) is 1. The zero-order valence-electron chi connectivity index (χ0n) is 18.8. The van der Waals surface area contributed by atoms with Gasteiger partial charge in [0.2, 0.25) is 15.9 Å². The summed E-state index contributed by atoms with van der Waals surface area (Å²) in [4.78, 5) is 34.9. The zero-order chi connectivity index (χ0) is 25.0. The summed E-state index contributed by atoms with van der Waals surface area (Å²) in [5.41, 5.74) is 1.07. The van der Waals surface area contributed by atoms with Gasteiger partial charge in [-0.05, 0) is 37.6 Å². The summed E-state index contributed by atoms with van der Waals surface area (Å²) in [6, 6.07) is 8.87. The number of non-ortho nitro benzene ring substituents is 1. The Kier molecular flexibility index (Phi) is 7.57. The molecule has 2 aromatic carbocycles. The van der Waals surface area contributed by atoms with Crippen LogP contribution in [-0.4, -0.2) is 43.7 Å². The van der Waals surface area contributed by atoms with Gasteiger partial charge in [0.15, 0.2) is 0 Å². The van der Waals surface area contributed by atoms with Crippen molar-refractivity contribution in [3.05, 3.63) is 56.2 Å². The number of methoxy groups -OCH3 is 1. The lowest BCUT2D eigenvalue weighted by Crippen LogP contribution is -2.32. The zero-order valence-corrected chi connectivity index (χ0v) is 20.4. The molecule has 0 aliphatic carbocycles. The number of nitrogens with zero attached hydrogens (tertiary/aromatic N) is 3. The second-order valence-electron chi connectivity index (χ2n) is 7.39. The number of hydrogen-bond acceptors (Lipinski definition) is 8. The van der Waals surface area contributed by atoms with Crippen LogP contribution in [0.2, 0.25) is 0 Å². The number of carbonyl (C=O) groups excluding carboxylic acids is 1. The minimum atomic E-state index is -3.81. The van der Waals surface area contributed by atoms with Crippen molar-refractivity contribution in [2.24, 2.45) is 0 Å². The molecule has 0 saturated carbocycles. The minimum Gasteiger partial charge on any atom is -0.495 e. The highest BCUT2D eigenvalue weighted by molar-refractivity contribution is 7.92. The van der Waals surface area contributed by atoms with Crippen molar-refractivity contribution in [2.45, 2.75) is 26.3 Å². The Balaban J connectivity index is 1.71. The van der Waals surface area contributed by atoms with Crippen molar-refractivity contribution >= 4 is 54.5 Å². The molecule has 34 heavy (non-hydrogen) atoms. The average Bonchev–Trinajstić information content (AvgIpc) is 3.09. The van der Waals surface area contributed by atoms with Crippen LogP contribution in [0, 0.1) is 10.1 Å². The molecule has 1 aromatic heterocycles. The number of nitrogens with one attached hydrogen (secondary N) is 1. The molecule has 13 heteroatoms. The molecule has 0 atom stereocenters. The number of carbonyl (C=O) groups is 1. The fourth-order valence-corrected chi connectivity index (χ4v) is 5.46. The van der Waals surface area contributed by atoms with Crippen LogP contribution in [0.25, 0.3) is 10.2 Å². The summed E-state index contributed by atoms with van der Waals surface area (Å²) in [5.74, 6) is -0.173. The van der Waals surface area contributed by atoms with E-state index in [0.29, 0.717) is 12.2 Å². The number of sulfonamides is 1. The molecule has 0 spiro atoms. The van der Waals surface area contributed by atoms with E-state index in [1.54, 1.807) is 22.8 Å². The van der Waals surface area contributed by atoms with E-state index in [1.807, 2.05) is 6.92 Å². The number of aromatic nitrogens is 1. The van der Waals surface area contributed by atoms with E-state index in [1.165, 1.54) is 19.2 Å². The predicted molar refractivity (Wildman–Crippen MR) is 131 cm³/mol. The fourth-order valence-electron chi connectivity index (χ4n) is 3.50. The van der Waals surface area contributed by atoms with Crippen molar-refractivity contribution in [2.75, 3.05) is 29.5 Å². The van der Waals surface area contributed by atoms with E-state index in [9.17, 15) is 28.1 Å². The number of thiazole rings is 1. The smallest absolute Gasteiger partial charge is 0.308 e. The number of fused-ring (bicyclic) bond motifs is 1. The second-order valence-corrected chi connectivity index (χ2v) is 10.3. The minimum absolute atomic E-state index is 0.00745. The number of nitro benzene ring substituents is 1. The maximum atomic E-state index is 12.5. The topological polar surface area (TPSA) is 141 Å². The lowest BCUT2D eigenvalue weighted by atomic mass is 10.2. The van der Waals surface area contributed by atoms with Gasteiger partial charge in [-0.3, -0.25) is 28.6 Å². The van der Waals surface area contributed by atoms with Crippen LogP contribution in [0.3, 0.4) is 0 Å². The molecule has 0 saturated heterocycles. The van der Waals surface area contributed by atoms with Crippen molar-refractivity contribution in [1.29, 1.82) is 0 Å². The number of hydrogen-bond donors (Lipinski definition) is 1. The molecule has 1 heterocycles. The quantitative estimate of drug-likeness (QED) is 0.327. The van der Waals surface area contributed by atoms with E-state index >= 15 is 0 Å². The van der Waals surface area contributed by atoms with E-state index in [4.69, 9.17) is 4.74 Å². The number of rotatable bonds is 10. The van der Waals surface area contributed by atoms with Crippen LogP contribution in [0.5, 0.6) is 5.75 Å². The second kappa shape index (κ2) is 10.2. The Morgan fingerprint density at radius 3 is 2.62 bits per heavy atom. The molecular weight excluding hydrogens is 484 g/mol. The monoisotopic (exact) mass is 508 g/mol. The van der Waals surface area contributed by atoms with Gasteiger partial charge in [0.1, 0.15) is 11.4 Å². The first-order valence-corrected chi connectivity index (χ1v) is 12.9. The van der Waals surface area contributed by atoms with Crippen molar-refractivity contribution in [3.63, 3.8) is 0 Å². The van der Waals surface area contributed by atoms with E-state index in [0.717, 1.165) is 38.2 Å². The van der Waals surface area contributed by atoms with Crippen molar-refractivity contribution in [3.8, 4) is 5.75 Å². The largest absolute Gasteiger partial charge is 0.495 e. The van der Waals surface area contributed by atoms with Gasteiger partial charge in [-0.2, -0.15) is 0 Å². The first-order valence-electron chi connectivity index (χ1n) is 10.3. The molecule has 0 fully saturated rings. The lowest BCUT2D eigenvalue weighted by molar-refractivity contribution is -0.384. The molecule has 182 valence electrons. The summed E-state index contributed by atoms with van der Waals surface area (Å²) < 4.78 is 33.4. The van der Waals surface area contributed by atoms with Gasteiger partial charge < -0.3 is 10.1 Å². The third-order valence-corrected chi connectivity index (χ3v) is 7.20. The fraction of sp³-hybridized carbons (Fsp3) is 0.333. The molecule has 1 N–H and O–H groups in total. The van der Waals surface area contributed by atoms with E-state index in [2.05, 4.69) is 5.32 Å².